The number of carbonyl (C=O) groups excluding carboxylic acids is 1. The molecule has 9 heteroatoms. The van der Waals surface area contributed by atoms with Crippen molar-refractivity contribution in [1.29, 1.82) is 0 Å². The zero-order valence-electron chi connectivity index (χ0n) is 13.6. The standard InChI is InChI=1S/C17H13N3O6/c1-10(21)19-12-4-5-13-11(7-16(22)26-15(13)8-12)9-25-14-3-2-6-18-17(14)20(23)24/h2-8H,9H2,1H3,(H,19,21). The number of nitrogens with zero attached hydrogens (tertiary/aromatic N) is 2. The quantitative estimate of drug-likeness (QED) is 0.424. The lowest BCUT2D eigenvalue weighted by Gasteiger charge is -2.09. The van der Waals surface area contributed by atoms with Gasteiger partial charge in [-0.2, -0.15) is 0 Å². The highest BCUT2D eigenvalue weighted by atomic mass is 16.6. The second-order valence-corrected chi connectivity index (χ2v) is 5.35. The summed E-state index contributed by atoms with van der Waals surface area (Å²) in [5.41, 5.74) is 0.637. The van der Waals surface area contributed by atoms with E-state index in [1.54, 1.807) is 12.1 Å². The summed E-state index contributed by atoms with van der Waals surface area (Å²) >= 11 is 0. The van der Waals surface area contributed by atoms with Gasteiger partial charge in [0.2, 0.25) is 11.7 Å². The minimum absolute atomic E-state index is 0.00578. The highest BCUT2D eigenvalue weighted by Crippen LogP contribution is 2.26. The van der Waals surface area contributed by atoms with Crippen molar-refractivity contribution in [1.82, 2.24) is 4.98 Å². The van der Waals surface area contributed by atoms with Crippen LogP contribution in [0.5, 0.6) is 5.75 Å². The minimum atomic E-state index is -0.646. The van der Waals surface area contributed by atoms with Crippen LogP contribution in [0.2, 0.25) is 0 Å². The Bertz CT molecular complexity index is 1060. The first-order valence-corrected chi connectivity index (χ1v) is 7.50. The van der Waals surface area contributed by atoms with Crippen LogP contribution in [0.1, 0.15) is 12.5 Å². The van der Waals surface area contributed by atoms with Gasteiger partial charge in [-0.1, -0.05) is 0 Å². The van der Waals surface area contributed by atoms with Crippen molar-refractivity contribution in [3.63, 3.8) is 0 Å². The van der Waals surface area contributed by atoms with E-state index in [0.717, 1.165) is 0 Å². The third-order valence-corrected chi connectivity index (χ3v) is 3.46. The maximum atomic E-state index is 11.8. The van der Waals surface area contributed by atoms with E-state index in [2.05, 4.69) is 10.3 Å². The molecule has 3 rings (SSSR count). The molecular formula is C17H13N3O6. The highest BCUT2D eigenvalue weighted by Gasteiger charge is 2.16. The van der Waals surface area contributed by atoms with Gasteiger partial charge in [0.15, 0.2) is 0 Å². The van der Waals surface area contributed by atoms with Crippen LogP contribution in [0.15, 0.2) is 51.8 Å². The number of nitro groups is 1. The normalized spacial score (nSPS) is 10.5. The molecule has 26 heavy (non-hydrogen) atoms. The SMILES string of the molecule is CC(=O)Nc1ccc2c(COc3cccnc3[N+](=O)[O-])cc(=O)oc2c1. The number of hydrogen-bond acceptors (Lipinski definition) is 7. The molecule has 132 valence electrons. The average Bonchev–Trinajstić information content (AvgIpc) is 2.58. The number of ether oxygens (including phenoxy) is 1. The van der Waals surface area contributed by atoms with Gasteiger partial charge in [-0.25, -0.2) is 4.79 Å². The summed E-state index contributed by atoms with van der Waals surface area (Å²) in [6.45, 7) is 1.28. The molecule has 0 aliphatic carbocycles. The number of benzene rings is 1. The van der Waals surface area contributed by atoms with E-state index in [0.29, 0.717) is 16.6 Å². The third kappa shape index (κ3) is 3.66. The summed E-state index contributed by atoms with van der Waals surface area (Å²) < 4.78 is 10.6. The summed E-state index contributed by atoms with van der Waals surface area (Å²) in [5, 5.41) is 14.2. The van der Waals surface area contributed by atoms with Gasteiger partial charge < -0.3 is 24.6 Å². The number of pyridine rings is 1. The maximum absolute atomic E-state index is 11.8. The molecule has 0 spiro atoms. The van der Waals surface area contributed by atoms with Crippen LogP contribution in [0.3, 0.4) is 0 Å². The highest BCUT2D eigenvalue weighted by molar-refractivity contribution is 5.92. The number of amides is 1. The van der Waals surface area contributed by atoms with Crippen molar-refractivity contribution in [2.45, 2.75) is 13.5 Å². The van der Waals surface area contributed by atoms with E-state index in [-0.39, 0.29) is 23.8 Å². The Morgan fingerprint density at radius 2 is 2.15 bits per heavy atom. The molecule has 1 N–H and O–H groups in total. The Morgan fingerprint density at radius 3 is 2.88 bits per heavy atom. The predicted molar refractivity (Wildman–Crippen MR) is 92.0 cm³/mol. The van der Waals surface area contributed by atoms with Gasteiger partial charge >= 0.3 is 11.4 Å². The molecule has 0 bridgehead atoms. The van der Waals surface area contributed by atoms with Gasteiger partial charge in [-0.3, -0.25) is 4.79 Å². The topological polar surface area (TPSA) is 125 Å². The van der Waals surface area contributed by atoms with Crippen LogP contribution in [0.25, 0.3) is 11.0 Å². The van der Waals surface area contributed by atoms with E-state index in [1.807, 2.05) is 0 Å². The number of hydrogen-bond donors (Lipinski definition) is 1. The third-order valence-electron chi connectivity index (χ3n) is 3.46. The number of aromatic nitrogens is 1. The van der Waals surface area contributed by atoms with E-state index < -0.39 is 16.4 Å². The van der Waals surface area contributed by atoms with Gasteiger partial charge in [0.1, 0.15) is 18.4 Å². The first kappa shape index (κ1) is 17.1. The van der Waals surface area contributed by atoms with Crippen LogP contribution in [-0.4, -0.2) is 15.8 Å². The summed E-state index contributed by atoms with van der Waals surface area (Å²) in [5.74, 6) is -0.670. The number of nitrogens with one attached hydrogen (secondary N) is 1. The second-order valence-electron chi connectivity index (χ2n) is 5.35. The lowest BCUT2D eigenvalue weighted by Crippen LogP contribution is -2.07. The molecule has 0 aliphatic rings. The first-order chi connectivity index (χ1) is 12.4. The zero-order chi connectivity index (χ0) is 18.7. The summed E-state index contributed by atoms with van der Waals surface area (Å²) in [4.78, 5) is 36.9. The molecule has 0 fully saturated rings. The molecular weight excluding hydrogens is 342 g/mol. The van der Waals surface area contributed by atoms with Gasteiger partial charge in [-0.05, 0) is 34.2 Å². The molecule has 0 saturated carbocycles. The molecule has 0 atom stereocenters. The van der Waals surface area contributed by atoms with Crippen molar-refractivity contribution in [2.75, 3.05) is 5.32 Å². The van der Waals surface area contributed by atoms with Crippen LogP contribution in [0, 0.1) is 10.1 Å². The number of rotatable bonds is 5. The minimum Gasteiger partial charge on any atom is -0.481 e. The number of anilines is 1. The largest absolute Gasteiger partial charge is 0.481 e. The van der Waals surface area contributed by atoms with Crippen molar-refractivity contribution >= 4 is 28.4 Å². The molecule has 2 aromatic heterocycles. The second kappa shape index (κ2) is 7.01. The van der Waals surface area contributed by atoms with E-state index in [1.165, 1.54) is 37.4 Å². The summed E-state index contributed by atoms with van der Waals surface area (Å²) in [7, 11) is 0. The molecule has 3 aromatic rings. The Balaban J connectivity index is 1.94. The maximum Gasteiger partial charge on any atom is 0.406 e. The number of carbonyl (C=O) groups is 1. The first-order valence-electron chi connectivity index (χ1n) is 7.50. The molecule has 0 unspecified atom stereocenters. The van der Waals surface area contributed by atoms with E-state index >= 15 is 0 Å². The van der Waals surface area contributed by atoms with Gasteiger partial charge in [-0.15, -0.1) is 0 Å². The fourth-order valence-corrected chi connectivity index (χ4v) is 2.42. The summed E-state index contributed by atoms with van der Waals surface area (Å²) in [6.07, 6.45) is 1.29. The van der Waals surface area contributed by atoms with E-state index in [4.69, 9.17) is 9.15 Å². The average molecular weight is 355 g/mol. The van der Waals surface area contributed by atoms with E-state index in [9.17, 15) is 19.7 Å². The Kier molecular flexibility index (Phi) is 4.61. The van der Waals surface area contributed by atoms with Crippen molar-refractivity contribution in [3.05, 3.63) is 68.7 Å². The molecule has 0 radical (unpaired) electrons. The van der Waals surface area contributed by atoms with Gasteiger partial charge in [0, 0.05) is 35.7 Å². The lowest BCUT2D eigenvalue weighted by atomic mass is 10.1. The number of fused-ring (bicyclic) bond motifs is 1. The molecule has 9 nitrogen and oxygen atoms in total. The van der Waals surface area contributed by atoms with Crippen LogP contribution in [0.4, 0.5) is 11.5 Å². The monoisotopic (exact) mass is 355 g/mol. The molecule has 1 amide bonds. The zero-order valence-corrected chi connectivity index (χ0v) is 13.6. The lowest BCUT2D eigenvalue weighted by molar-refractivity contribution is -0.390. The Hall–Kier alpha value is -3.75. The fraction of sp³-hybridized carbons (Fsp3) is 0.118. The van der Waals surface area contributed by atoms with Crippen LogP contribution < -0.4 is 15.7 Å². The smallest absolute Gasteiger partial charge is 0.406 e. The Labute approximate surface area is 146 Å². The molecule has 1 aromatic carbocycles. The predicted octanol–water partition coefficient (Wildman–Crippen LogP) is 2.63. The fourth-order valence-electron chi connectivity index (χ4n) is 2.42. The molecule has 0 aliphatic heterocycles. The van der Waals surface area contributed by atoms with Crippen LogP contribution in [-0.2, 0) is 11.4 Å². The molecule has 2 heterocycles. The van der Waals surface area contributed by atoms with Gasteiger partial charge in [0.25, 0.3) is 0 Å². The molecule has 0 saturated heterocycles. The van der Waals surface area contributed by atoms with Crippen LogP contribution >= 0.6 is 0 Å². The summed E-state index contributed by atoms with van der Waals surface area (Å²) in [6, 6.07) is 9.03. The van der Waals surface area contributed by atoms with Gasteiger partial charge in [0.05, 0.1) is 0 Å². The Morgan fingerprint density at radius 1 is 1.35 bits per heavy atom. The van der Waals surface area contributed by atoms with Crippen molar-refractivity contribution < 1.29 is 18.9 Å². The van der Waals surface area contributed by atoms with Crippen molar-refractivity contribution in [3.8, 4) is 5.75 Å². The van der Waals surface area contributed by atoms with Crippen molar-refractivity contribution in [2.24, 2.45) is 0 Å².